The van der Waals surface area contributed by atoms with Gasteiger partial charge >= 0.3 is 0 Å². The van der Waals surface area contributed by atoms with Crippen molar-refractivity contribution in [3.63, 3.8) is 0 Å². The normalized spacial score (nSPS) is 16.8. The highest BCUT2D eigenvalue weighted by molar-refractivity contribution is 6.36. The smallest absolute Gasteiger partial charge is 0.254 e. The number of hydrogen-bond acceptors (Lipinski definition) is 4. The highest BCUT2D eigenvalue weighted by atomic mass is 35.5. The second-order valence-corrected chi connectivity index (χ2v) is 7.58. The molecular formula is C20H19Cl2N5O. The van der Waals surface area contributed by atoms with Crippen molar-refractivity contribution in [2.45, 2.75) is 18.9 Å². The lowest BCUT2D eigenvalue weighted by atomic mass is 10.0. The highest BCUT2D eigenvalue weighted by Crippen LogP contribution is 2.30. The third-order valence-electron chi connectivity index (χ3n) is 4.76. The molecule has 3 aromatic rings. The molecule has 1 fully saturated rings. The summed E-state index contributed by atoms with van der Waals surface area (Å²) in [6.45, 7) is 1.59. The molecule has 0 radical (unpaired) electrons. The van der Waals surface area contributed by atoms with Crippen molar-refractivity contribution in [2.24, 2.45) is 0 Å². The van der Waals surface area contributed by atoms with Gasteiger partial charge in [-0.3, -0.25) is 9.78 Å². The largest absolute Gasteiger partial charge is 0.368 e. The third-order valence-corrected chi connectivity index (χ3v) is 5.30. The predicted octanol–water partition coefficient (Wildman–Crippen LogP) is 3.97. The van der Waals surface area contributed by atoms with Crippen molar-refractivity contribution < 1.29 is 4.79 Å². The molecular weight excluding hydrogens is 397 g/mol. The number of rotatable bonds is 4. The molecule has 0 aliphatic carbocycles. The maximum atomic E-state index is 12.7. The number of benzene rings is 1. The Hall–Kier alpha value is -2.57. The molecule has 28 heavy (non-hydrogen) atoms. The zero-order valence-electron chi connectivity index (χ0n) is 15.1. The number of carbonyl (C=O) groups is 1. The Morgan fingerprint density at radius 2 is 2.11 bits per heavy atom. The van der Waals surface area contributed by atoms with E-state index in [1.54, 1.807) is 35.5 Å². The van der Waals surface area contributed by atoms with Gasteiger partial charge in [-0.15, -0.1) is 0 Å². The fraction of sp³-hybridized carbons (Fsp3) is 0.250. The standard InChI is InChI=1S/C20H19Cl2N5O/c21-15-5-6-19(18(22)9-15)26-8-2-3-16(13-26)25-20(28)14-10-24-27(12-14)17-4-1-7-23-11-17/h1,4-7,9-12,16H,2-3,8,13H2,(H,25,28). The van der Waals surface area contributed by atoms with Gasteiger partial charge in [-0.2, -0.15) is 5.10 Å². The number of nitrogens with zero attached hydrogens (tertiary/aromatic N) is 4. The van der Waals surface area contributed by atoms with Gasteiger partial charge in [0.2, 0.25) is 0 Å². The molecule has 0 bridgehead atoms. The van der Waals surface area contributed by atoms with E-state index in [1.165, 1.54) is 0 Å². The number of aromatic nitrogens is 3. The van der Waals surface area contributed by atoms with E-state index in [2.05, 4.69) is 20.3 Å². The van der Waals surface area contributed by atoms with Crippen molar-refractivity contribution in [1.29, 1.82) is 0 Å². The summed E-state index contributed by atoms with van der Waals surface area (Å²) in [6.07, 6.45) is 8.57. The SMILES string of the molecule is O=C(NC1CCCN(c2ccc(Cl)cc2Cl)C1)c1cnn(-c2cccnc2)c1. The Balaban J connectivity index is 1.42. The minimum atomic E-state index is -0.135. The molecule has 1 aliphatic heterocycles. The topological polar surface area (TPSA) is 63.1 Å². The molecule has 4 rings (SSSR count). The van der Waals surface area contributed by atoms with Crippen LogP contribution in [-0.4, -0.2) is 39.8 Å². The van der Waals surface area contributed by atoms with E-state index in [1.807, 2.05) is 24.3 Å². The zero-order valence-corrected chi connectivity index (χ0v) is 16.6. The van der Waals surface area contributed by atoms with Crippen LogP contribution in [0.25, 0.3) is 5.69 Å². The number of amides is 1. The molecule has 0 spiro atoms. The fourth-order valence-electron chi connectivity index (χ4n) is 3.39. The molecule has 6 nitrogen and oxygen atoms in total. The maximum absolute atomic E-state index is 12.7. The molecule has 8 heteroatoms. The van der Waals surface area contributed by atoms with Crippen molar-refractivity contribution >= 4 is 34.8 Å². The monoisotopic (exact) mass is 415 g/mol. The predicted molar refractivity (Wildman–Crippen MR) is 111 cm³/mol. The Kier molecular flexibility index (Phi) is 5.50. The lowest BCUT2D eigenvalue weighted by Crippen LogP contribution is -2.47. The van der Waals surface area contributed by atoms with Gasteiger partial charge < -0.3 is 10.2 Å². The molecule has 1 aromatic carbocycles. The first-order valence-electron chi connectivity index (χ1n) is 9.06. The minimum absolute atomic E-state index is 0.0368. The molecule has 0 saturated carbocycles. The van der Waals surface area contributed by atoms with Crippen LogP contribution in [0.5, 0.6) is 0 Å². The summed E-state index contributed by atoms with van der Waals surface area (Å²) in [5.74, 6) is -0.135. The molecule has 1 N–H and O–H groups in total. The molecule has 3 heterocycles. The van der Waals surface area contributed by atoms with Gasteiger partial charge in [0.1, 0.15) is 0 Å². The van der Waals surface area contributed by atoms with E-state index < -0.39 is 0 Å². The molecule has 1 aliphatic rings. The maximum Gasteiger partial charge on any atom is 0.254 e. The second-order valence-electron chi connectivity index (χ2n) is 6.74. The highest BCUT2D eigenvalue weighted by Gasteiger charge is 2.24. The quantitative estimate of drug-likeness (QED) is 0.699. The van der Waals surface area contributed by atoms with Crippen molar-refractivity contribution in [1.82, 2.24) is 20.1 Å². The van der Waals surface area contributed by atoms with Crippen LogP contribution in [0.2, 0.25) is 10.0 Å². The van der Waals surface area contributed by atoms with Crippen LogP contribution in [0.4, 0.5) is 5.69 Å². The van der Waals surface area contributed by atoms with Gasteiger partial charge in [0.15, 0.2) is 0 Å². The van der Waals surface area contributed by atoms with Gasteiger partial charge in [0, 0.05) is 36.5 Å². The van der Waals surface area contributed by atoms with Crippen LogP contribution in [0, 0.1) is 0 Å². The van der Waals surface area contributed by atoms with Gasteiger partial charge in [-0.05, 0) is 43.2 Å². The summed E-state index contributed by atoms with van der Waals surface area (Å²) >= 11 is 12.3. The molecule has 1 amide bonds. The molecule has 1 atom stereocenters. The summed E-state index contributed by atoms with van der Waals surface area (Å²) in [6, 6.07) is 9.25. The van der Waals surface area contributed by atoms with E-state index in [0.717, 1.165) is 30.8 Å². The summed E-state index contributed by atoms with van der Waals surface area (Å²) in [5.41, 5.74) is 2.27. The molecule has 2 aromatic heterocycles. The van der Waals surface area contributed by atoms with E-state index >= 15 is 0 Å². The Labute approximate surface area is 173 Å². The summed E-state index contributed by atoms with van der Waals surface area (Å²) in [7, 11) is 0. The number of halogens is 2. The van der Waals surface area contributed by atoms with Gasteiger partial charge in [-0.1, -0.05) is 23.2 Å². The van der Waals surface area contributed by atoms with Crippen LogP contribution < -0.4 is 10.2 Å². The number of anilines is 1. The first-order valence-corrected chi connectivity index (χ1v) is 9.82. The van der Waals surface area contributed by atoms with Crippen LogP contribution in [0.1, 0.15) is 23.2 Å². The average Bonchev–Trinajstić information content (AvgIpc) is 3.19. The number of piperidine rings is 1. The lowest BCUT2D eigenvalue weighted by molar-refractivity contribution is 0.0933. The Morgan fingerprint density at radius 3 is 2.89 bits per heavy atom. The van der Waals surface area contributed by atoms with Crippen molar-refractivity contribution in [3.8, 4) is 5.69 Å². The third kappa shape index (κ3) is 4.13. The van der Waals surface area contributed by atoms with Crippen LogP contribution in [-0.2, 0) is 0 Å². The van der Waals surface area contributed by atoms with Gasteiger partial charge in [0.05, 0.1) is 34.4 Å². The number of carbonyl (C=O) groups excluding carboxylic acids is 1. The second kappa shape index (κ2) is 8.20. The minimum Gasteiger partial charge on any atom is -0.368 e. The number of hydrogen-bond donors (Lipinski definition) is 1. The van der Waals surface area contributed by atoms with Gasteiger partial charge in [0.25, 0.3) is 5.91 Å². The average molecular weight is 416 g/mol. The molecule has 1 saturated heterocycles. The lowest BCUT2D eigenvalue weighted by Gasteiger charge is -2.35. The van der Waals surface area contributed by atoms with E-state index in [0.29, 0.717) is 22.2 Å². The zero-order chi connectivity index (χ0) is 19.5. The summed E-state index contributed by atoms with van der Waals surface area (Å²) in [4.78, 5) is 18.9. The molecule has 144 valence electrons. The Morgan fingerprint density at radius 1 is 1.21 bits per heavy atom. The van der Waals surface area contributed by atoms with Crippen LogP contribution in [0.3, 0.4) is 0 Å². The summed E-state index contributed by atoms with van der Waals surface area (Å²) in [5, 5.41) is 8.60. The van der Waals surface area contributed by atoms with Gasteiger partial charge in [-0.25, -0.2) is 4.68 Å². The van der Waals surface area contributed by atoms with E-state index in [9.17, 15) is 4.79 Å². The van der Waals surface area contributed by atoms with Crippen LogP contribution >= 0.6 is 23.2 Å². The van der Waals surface area contributed by atoms with E-state index in [-0.39, 0.29) is 11.9 Å². The first-order chi connectivity index (χ1) is 13.6. The van der Waals surface area contributed by atoms with Crippen molar-refractivity contribution in [2.75, 3.05) is 18.0 Å². The number of pyridine rings is 1. The van der Waals surface area contributed by atoms with Crippen molar-refractivity contribution in [3.05, 3.63) is 70.7 Å². The first kappa shape index (κ1) is 18.8. The molecule has 1 unspecified atom stereocenters. The Bertz CT molecular complexity index is 976. The van der Waals surface area contributed by atoms with E-state index in [4.69, 9.17) is 23.2 Å². The number of nitrogens with one attached hydrogen (secondary N) is 1. The van der Waals surface area contributed by atoms with Crippen LogP contribution in [0.15, 0.2) is 55.1 Å². The summed E-state index contributed by atoms with van der Waals surface area (Å²) < 4.78 is 1.64. The fourth-order valence-corrected chi connectivity index (χ4v) is 3.92.